The Morgan fingerprint density at radius 1 is 1.24 bits per heavy atom. The number of aryl methyl sites for hydroxylation is 1. The molecule has 0 fully saturated rings. The average Bonchev–Trinajstić information content (AvgIpc) is 2.72. The SMILES string of the molecule is C/C=C(\C)C1=CCC(CCCCCc2c([N+](=O)[O-])ccc3oc(=O)ccc23)CC1. The fraction of sp³-hybridized carbons (Fsp3) is 0.458. The minimum Gasteiger partial charge on any atom is -0.423 e. The monoisotopic (exact) mass is 395 g/mol. The summed E-state index contributed by atoms with van der Waals surface area (Å²) in [5.41, 5.74) is 3.65. The Bertz CT molecular complexity index is 1000. The number of unbranched alkanes of at least 4 members (excludes halogenated alkanes) is 2. The molecule has 3 rings (SSSR count). The number of rotatable bonds is 8. The first kappa shape index (κ1) is 21.0. The molecule has 0 bridgehead atoms. The topological polar surface area (TPSA) is 73.3 Å². The molecule has 1 aliphatic rings. The highest BCUT2D eigenvalue weighted by Crippen LogP contribution is 2.32. The zero-order valence-corrected chi connectivity index (χ0v) is 17.3. The van der Waals surface area contributed by atoms with Crippen LogP contribution in [0, 0.1) is 16.0 Å². The van der Waals surface area contributed by atoms with Crippen LogP contribution in [0.15, 0.2) is 56.8 Å². The number of hydrogen-bond acceptors (Lipinski definition) is 4. The predicted molar refractivity (Wildman–Crippen MR) is 116 cm³/mol. The summed E-state index contributed by atoms with van der Waals surface area (Å²) in [6.45, 7) is 4.28. The number of nitro benzene ring substituents is 1. The van der Waals surface area contributed by atoms with Gasteiger partial charge in [-0.15, -0.1) is 0 Å². The molecule has 1 heterocycles. The highest BCUT2D eigenvalue weighted by Gasteiger charge is 2.18. The van der Waals surface area contributed by atoms with E-state index in [0.717, 1.165) is 31.6 Å². The molecule has 0 saturated carbocycles. The van der Waals surface area contributed by atoms with E-state index in [0.29, 0.717) is 23.0 Å². The Balaban J connectivity index is 1.55. The Hall–Kier alpha value is -2.69. The summed E-state index contributed by atoms with van der Waals surface area (Å²) in [4.78, 5) is 22.5. The number of nitro groups is 1. The molecular weight excluding hydrogens is 366 g/mol. The van der Waals surface area contributed by atoms with Crippen molar-refractivity contribution >= 4 is 16.7 Å². The van der Waals surface area contributed by atoms with Gasteiger partial charge in [-0.2, -0.15) is 0 Å². The molecule has 2 aromatic rings. The molecule has 5 nitrogen and oxygen atoms in total. The van der Waals surface area contributed by atoms with Crippen LogP contribution < -0.4 is 5.63 Å². The summed E-state index contributed by atoms with van der Waals surface area (Å²) >= 11 is 0. The second-order valence-corrected chi connectivity index (χ2v) is 7.93. The maximum atomic E-state index is 11.4. The second-order valence-electron chi connectivity index (χ2n) is 7.93. The van der Waals surface area contributed by atoms with Crippen LogP contribution in [0.25, 0.3) is 11.0 Å². The molecule has 0 N–H and O–H groups in total. The van der Waals surface area contributed by atoms with Gasteiger partial charge in [-0.1, -0.05) is 37.0 Å². The quantitative estimate of drug-likeness (QED) is 0.221. The summed E-state index contributed by atoms with van der Waals surface area (Å²) < 4.78 is 5.19. The standard InChI is InChI=1S/C24H29NO4/c1-3-17(2)19-11-9-18(10-12-19)7-5-4-6-8-20-21-13-16-24(26)29-23(21)15-14-22(20)25(27)28/h3,11,13-16,18H,4-10,12H2,1-2H3/b17-3+. The van der Waals surface area contributed by atoms with Gasteiger partial charge < -0.3 is 4.42 Å². The first-order valence-electron chi connectivity index (χ1n) is 10.5. The molecule has 1 aromatic carbocycles. The molecule has 0 radical (unpaired) electrons. The smallest absolute Gasteiger partial charge is 0.336 e. The largest absolute Gasteiger partial charge is 0.423 e. The third kappa shape index (κ3) is 5.22. The summed E-state index contributed by atoms with van der Waals surface area (Å²) in [5.74, 6) is 0.754. The van der Waals surface area contributed by atoms with Gasteiger partial charge in [0, 0.05) is 23.1 Å². The lowest BCUT2D eigenvalue weighted by molar-refractivity contribution is -0.385. The van der Waals surface area contributed by atoms with Gasteiger partial charge in [0.1, 0.15) is 5.58 Å². The van der Waals surface area contributed by atoms with Gasteiger partial charge in [0.05, 0.1) is 4.92 Å². The lowest BCUT2D eigenvalue weighted by Crippen LogP contribution is -2.06. The number of hydrogen-bond donors (Lipinski definition) is 0. The predicted octanol–water partition coefficient (Wildman–Crippen LogP) is 6.50. The Kier molecular flexibility index (Phi) is 7.02. The van der Waals surface area contributed by atoms with Crippen molar-refractivity contribution in [2.45, 2.75) is 65.2 Å². The van der Waals surface area contributed by atoms with Crippen LogP contribution in [0.3, 0.4) is 0 Å². The maximum Gasteiger partial charge on any atom is 0.336 e. The molecule has 1 aliphatic carbocycles. The fourth-order valence-electron chi connectivity index (χ4n) is 4.24. The summed E-state index contributed by atoms with van der Waals surface area (Å²) in [5, 5.41) is 12.1. The van der Waals surface area contributed by atoms with Crippen LogP contribution in [-0.2, 0) is 6.42 Å². The number of benzene rings is 1. The van der Waals surface area contributed by atoms with Crippen molar-refractivity contribution in [1.29, 1.82) is 0 Å². The van der Waals surface area contributed by atoms with Crippen molar-refractivity contribution < 1.29 is 9.34 Å². The molecule has 0 aliphatic heterocycles. The maximum absolute atomic E-state index is 11.4. The minimum atomic E-state index is -0.438. The van der Waals surface area contributed by atoms with E-state index >= 15 is 0 Å². The van der Waals surface area contributed by atoms with E-state index in [-0.39, 0.29) is 10.6 Å². The minimum absolute atomic E-state index is 0.107. The highest BCUT2D eigenvalue weighted by atomic mass is 16.6. The molecule has 1 atom stereocenters. The van der Waals surface area contributed by atoms with Gasteiger partial charge in [-0.05, 0) is 69.6 Å². The van der Waals surface area contributed by atoms with Crippen LogP contribution in [0.4, 0.5) is 5.69 Å². The van der Waals surface area contributed by atoms with Gasteiger partial charge in [-0.25, -0.2) is 4.79 Å². The average molecular weight is 395 g/mol. The highest BCUT2D eigenvalue weighted by molar-refractivity contribution is 5.84. The first-order chi connectivity index (χ1) is 14.0. The van der Waals surface area contributed by atoms with E-state index in [1.807, 2.05) is 0 Å². The van der Waals surface area contributed by atoms with Crippen LogP contribution >= 0.6 is 0 Å². The first-order valence-corrected chi connectivity index (χ1v) is 10.5. The number of allylic oxidation sites excluding steroid dienone is 4. The van der Waals surface area contributed by atoms with Gasteiger partial charge >= 0.3 is 5.63 Å². The van der Waals surface area contributed by atoms with Crippen LogP contribution in [0.5, 0.6) is 0 Å². The molecule has 0 spiro atoms. The van der Waals surface area contributed by atoms with E-state index in [1.54, 1.807) is 6.07 Å². The Labute approximate surface area is 171 Å². The normalized spacial score (nSPS) is 17.4. The van der Waals surface area contributed by atoms with Gasteiger partial charge in [0.15, 0.2) is 0 Å². The lowest BCUT2D eigenvalue weighted by Gasteiger charge is -2.22. The van der Waals surface area contributed by atoms with E-state index in [1.165, 1.54) is 48.6 Å². The zero-order chi connectivity index (χ0) is 20.8. The number of fused-ring (bicyclic) bond motifs is 1. The molecule has 0 saturated heterocycles. The molecule has 5 heteroatoms. The van der Waals surface area contributed by atoms with Crippen molar-refractivity contribution in [3.8, 4) is 0 Å². The second kappa shape index (κ2) is 9.68. The van der Waals surface area contributed by atoms with Crippen LogP contribution in [0.2, 0.25) is 0 Å². The summed E-state index contributed by atoms with van der Waals surface area (Å²) in [6, 6.07) is 5.93. The van der Waals surface area contributed by atoms with Gasteiger partial charge in [0.25, 0.3) is 5.69 Å². The van der Waals surface area contributed by atoms with Crippen molar-refractivity contribution in [2.75, 3.05) is 0 Å². The van der Waals surface area contributed by atoms with E-state index < -0.39 is 5.63 Å². The van der Waals surface area contributed by atoms with Crippen LogP contribution in [0.1, 0.15) is 64.4 Å². The third-order valence-electron chi connectivity index (χ3n) is 6.08. The Morgan fingerprint density at radius 3 is 2.76 bits per heavy atom. The van der Waals surface area contributed by atoms with E-state index in [9.17, 15) is 14.9 Å². The van der Waals surface area contributed by atoms with E-state index in [2.05, 4.69) is 26.0 Å². The molecular formula is C24H29NO4. The van der Waals surface area contributed by atoms with Crippen molar-refractivity contribution in [3.05, 3.63) is 73.7 Å². The van der Waals surface area contributed by atoms with E-state index in [4.69, 9.17) is 4.42 Å². The Morgan fingerprint density at radius 2 is 2.07 bits per heavy atom. The van der Waals surface area contributed by atoms with Crippen molar-refractivity contribution in [2.24, 2.45) is 5.92 Å². The summed E-state index contributed by atoms with van der Waals surface area (Å²) in [6.07, 6.45) is 13.1. The number of nitrogens with zero attached hydrogens (tertiary/aromatic N) is 1. The van der Waals surface area contributed by atoms with Gasteiger partial charge in [-0.3, -0.25) is 10.1 Å². The molecule has 0 amide bonds. The van der Waals surface area contributed by atoms with Gasteiger partial charge in [0.2, 0.25) is 0 Å². The molecule has 1 unspecified atom stereocenters. The molecule has 154 valence electrons. The van der Waals surface area contributed by atoms with Crippen molar-refractivity contribution in [1.82, 2.24) is 0 Å². The summed E-state index contributed by atoms with van der Waals surface area (Å²) in [7, 11) is 0. The molecule has 29 heavy (non-hydrogen) atoms. The third-order valence-corrected chi connectivity index (χ3v) is 6.08. The fourth-order valence-corrected chi connectivity index (χ4v) is 4.24. The van der Waals surface area contributed by atoms with Crippen LogP contribution in [-0.4, -0.2) is 4.92 Å². The lowest BCUT2D eigenvalue weighted by atomic mass is 9.84. The van der Waals surface area contributed by atoms with Crippen molar-refractivity contribution in [3.63, 3.8) is 0 Å². The zero-order valence-electron chi connectivity index (χ0n) is 17.3. The molecule has 1 aromatic heterocycles.